The summed E-state index contributed by atoms with van der Waals surface area (Å²) in [6.07, 6.45) is 2.31. The molecule has 2 aliphatic heterocycles. The molecule has 2 N–H and O–H groups in total. The number of nitrogens with zero attached hydrogens (tertiary/aromatic N) is 7. The van der Waals surface area contributed by atoms with E-state index in [2.05, 4.69) is 25.0 Å². The fourth-order valence-corrected chi connectivity index (χ4v) is 2.54. The molecule has 0 aromatic carbocycles. The molecule has 0 unspecified atom stereocenters. The van der Waals surface area contributed by atoms with E-state index in [1.807, 2.05) is 0 Å². The van der Waals surface area contributed by atoms with E-state index in [4.69, 9.17) is 20.7 Å². The van der Waals surface area contributed by atoms with Gasteiger partial charge in [0, 0.05) is 4.91 Å². The Morgan fingerprint density at radius 2 is 2.25 bits per heavy atom. The average molecular weight is 274 g/mol. The maximum absolute atomic E-state index is 8.36. The fraction of sp³-hybridized carbons (Fsp3) is 0.500. The number of anilines is 1. The van der Waals surface area contributed by atoms with Crippen LogP contribution in [0.15, 0.2) is 17.8 Å². The van der Waals surface area contributed by atoms with Gasteiger partial charge in [-0.1, -0.05) is 5.11 Å². The number of ether oxygens (including phenoxy) is 2. The van der Waals surface area contributed by atoms with Gasteiger partial charge in [-0.2, -0.15) is 0 Å². The number of hydrogen-bond donors (Lipinski definition) is 1. The molecule has 2 fully saturated rings. The van der Waals surface area contributed by atoms with Gasteiger partial charge < -0.3 is 15.2 Å². The van der Waals surface area contributed by atoms with Crippen molar-refractivity contribution in [2.75, 3.05) is 12.3 Å². The van der Waals surface area contributed by atoms with Gasteiger partial charge in [-0.15, -0.1) is 0 Å². The maximum atomic E-state index is 8.36. The highest BCUT2D eigenvalue weighted by Crippen LogP contribution is 2.45. The van der Waals surface area contributed by atoms with E-state index in [9.17, 15) is 0 Å². The summed E-state index contributed by atoms with van der Waals surface area (Å²) in [7, 11) is 0. The van der Waals surface area contributed by atoms with E-state index in [1.54, 1.807) is 10.9 Å². The Kier molecular flexibility index (Phi) is 2.30. The Labute approximate surface area is 112 Å². The Morgan fingerprint density at radius 3 is 3.10 bits per heavy atom. The third kappa shape index (κ3) is 1.53. The second kappa shape index (κ2) is 4.04. The smallest absolute Gasteiger partial charge is 0.167 e. The Bertz CT molecular complexity index is 723. The molecule has 10 heteroatoms. The van der Waals surface area contributed by atoms with Gasteiger partial charge in [0.2, 0.25) is 0 Å². The highest BCUT2D eigenvalue weighted by Gasteiger charge is 2.58. The molecule has 2 aromatic heterocycles. The van der Waals surface area contributed by atoms with Crippen molar-refractivity contribution in [1.29, 1.82) is 0 Å². The molecule has 0 saturated carbocycles. The third-order valence-electron chi connectivity index (χ3n) is 3.51. The standard InChI is InChI=1S/C10H10N8O2/c11-8-5-9(14-2-13-8)18(3-15-5)10-7-6(20-7)4(19-10)1-16-17-12/h2-4,6-7,10H,1H2,(H2,11,13,14)/t4-,6-,7+,10+/m0/s1. The van der Waals surface area contributed by atoms with Crippen LogP contribution in [-0.4, -0.2) is 44.4 Å². The summed E-state index contributed by atoms with van der Waals surface area (Å²) >= 11 is 0. The van der Waals surface area contributed by atoms with E-state index in [-0.39, 0.29) is 31.1 Å². The number of epoxide rings is 1. The molecule has 0 spiro atoms. The lowest BCUT2D eigenvalue weighted by atomic mass is 10.2. The highest BCUT2D eigenvalue weighted by molar-refractivity contribution is 5.81. The lowest BCUT2D eigenvalue weighted by Crippen LogP contribution is -2.21. The summed E-state index contributed by atoms with van der Waals surface area (Å²) in [6, 6.07) is 0. The molecular weight excluding hydrogens is 264 g/mol. The fourth-order valence-electron chi connectivity index (χ4n) is 2.54. The largest absolute Gasteiger partial charge is 0.382 e. The van der Waals surface area contributed by atoms with Crippen LogP contribution < -0.4 is 5.73 Å². The summed E-state index contributed by atoms with van der Waals surface area (Å²) in [5.41, 5.74) is 15.2. The van der Waals surface area contributed by atoms with Crippen LogP contribution in [0.5, 0.6) is 0 Å². The van der Waals surface area contributed by atoms with Gasteiger partial charge in [0.1, 0.15) is 24.1 Å². The number of imidazole rings is 1. The van der Waals surface area contributed by atoms with E-state index in [0.717, 1.165) is 0 Å². The first-order chi connectivity index (χ1) is 9.79. The van der Waals surface area contributed by atoms with E-state index in [1.165, 1.54) is 6.33 Å². The second-order valence-electron chi connectivity index (χ2n) is 4.63. The molecule has 0 bridgehead atoms. The first-order valence-corrected chi connectivity index (χ1v) is 6.04. The predicted octanol–water partition coefficient (Wildman–Crippen LogP) is 0.384. The Balaban J connectivity index is 1.68. The van der Waals surface area contributed by atoms with Crippen LogP contribution in [0.25, 0.3) is 21.6 Å². The highest BCUT2D eigenvalue weighted by atomic mass is 16.7. The van der Waals surface area contributed by atoms with Crippen LogP contribution in [-0.2, 0) is 9.47 Å². The number of hydrogen-bond acceptors (Lipinski definition) is 7. The molecule has 0 amide bonds. The Morgan fingerprint density at radius 1 is 1.35 bits per heavy atom. The zero-order valence-corrected chi connectivity index (χ0v) is 10.2. The van der Waals surface area contributed by atoms with Crippen LogP contribution in [0.3, 0.4) is 0 Å². The quantitative estimate of drug-likeness (QED) is 0.371. The first-order valence-electron chi connectivity index (χ1n) is 6.04. The lowest BCUT2D eigenvalue weighted by Gasteiger charge is -2.17. The van der Waals surface area contributed by atoms with Gasteiger partial charge in [-0.3, -0.25) is 4.57 Å². The SMILES string of the molecule is [N-]=[N+]=NC[C@@H]1O[C@@H](n2cnc3c(N)ncnc32)[C@@H]2O[C@H]21. The van der Waals surface area contributed by atoms with E-state index < -0.39 is 0 Å². The zero-order chi connectivity index (χ0) is 13.7. The first kappa shape index (κ1) is 11.4. The van der Waals surface area contributed by atoms with E-state index in [0.29, 0.717) is 17.0 Å². The molecule has 20 heavy (non-hydrogen) atoms. The molecule has 4 atom stereocenters. The minimum atomic E-state index is -0.335. The van der Waals surface area contributed by atoms with Gasteiger partial charge in [-0.05, 0) is 5.53 Å². The normalized spacial score (nSPS) is 31.0. The minimum absolute atomic E-state index is 0.0397. The van der Waals surface area contributed by atoms with Crippen molar-refractivity contribution in [2.24, 2.45) is 5.11 Å². The Hall–Kier alpha value is -2.42. The van der Waals surface area contributed by atoms with Crippen LogP contribution in [0, 0.1) is 0 Å². The molecule has 2 aliphatic rings. The van der Waals surface area contributed by atoms with Crippen molar-refractivity contribution in [3.8, 4) is 0 Å². The summed E-state index contributed by atoms with van der Waals surface area (Å²) < 4.78 is 13.2. The van der Waals surface area contributed by atoms with Crippen LogP contribution in [0.1, 0.15) is 6.23 Å². The predicted molar refractivity (Wildman–Crippen MR) is 66.3 cm³/mol. The minimum Gasteiger partial charge on any atom is -0.382 e. The number of azide groups is 1. The second-order valence-corrected chi connectivity index (χ2v) is 4.63. The van der Waals surface area contributed by atoms with Crippen molar-refractivity contribution >= 4 is 17.0 Å². The molecule has 4 heterocycles. The summed E-state index contributed by atoms with van der Waals surface area (Å²) in [4.78, 5) is 15.0. The van der Waals surface area contributed by atoms with Crippen molar-refractivity contribution in [3.63, 3.8) is 0 Å². The van der Waals surface area contributed by atoms with Crippen molar-refractivity contribution in [3.05, 3.63) is 23.1 Å². The average Bonchev–Trinajstić information content (AvgIpc) is 2.99. The third-order valence-corrected chi connectivity index (χ3v) is 3.51. The van der Waals surface area contributed by atoms with Gasteiger partial charge in [0.05, 0.1) is 19.0 Å². The summed E-state index contributed by atoms with van der Waals surface area (Å²) in [5.74, 6) is 0.325. The van der Waals surface area contributed by atoms with Gasteiger partial charge in [-0.25, -0.2) is 15.0 Å². The molecule has 102 valence electrons. The molecule has 10 nitrogen and oxygen atoms in total. The lowest BCUT2D eigenvalue weighted by molar-refractivity contribution is -0.0605. The van der Waals surface area contributed by atoms with Crippen molar-refractivity contribution in [2.45, 2.75) is 24.5 Å². The van der Waals surface area contributed by atoms with Gasteiger partial charge >= 0.3 is 0 Å². The molecule has 2 saturated heterocycles. The number of rotatable bonds is 3. The van der Waals surface area contributed by atoms with E-state index >= 15 is 0 Å². The molecule has 2 aromatic rings. The topological polar surface area (TPSA) is 140 Å². The zero-order valence-electron chi connectivity index (χ0n) is 10.2. The van der Waals surface area contributed by atoms with Crippen molar-refractivity contribution < 1.29 is 9.47 Å². The molecule has 4 rings (SSSR count). The van der Waals surface area contributed by atoms with Crippen molar-refractivity contribution in [1.82, 2.24) is 19.5 Å². The monoisotopic (exact) mass is 274 g/mol. The van der Waals surface area contributed by atoms with Gasteiger partial charge in [0.25, 0.3) is 0 Å². The number of nitrogens with two attached hydrogens (primary N) is 1. The number of fused-ring (bicyclic) bond motifs is 2. The number of aromatic nitrogens is 4. The molecule has 0 aliphatic carbocycles. The maximum Gasteiger partial charge on any atom is 0.167 e. The summed E-state index contributed by atoms with van der Waals surface area (Å²) in [5, 5.41) is 3.53. The number of nitrogen functional groups attached to an aromatic ring is 1. The summed E-state index contributed by atoms with van der Waals surface area (Å²) in [6.45, 7) is 0.248. The molecular formula is C10H10N8O2. The molecule has 0 radical (unpaired) electrons. The van der Waals surface area contributed by atoms with Crippen LogP contribution in [0.4, 0.5) is 5.82 Å². The van der Waals surface area contributed by atoms with Gasteiger partial charge in [0.15, 0.2) is 17.7 Å². The van der Waals surface area contributed by atoms with Crippen LogP contribution in [0.2, 0.25) is 0 Å². The van der Waals surface area contributed by atoms with Crippen LogP contribution >= 0.6 is 0 Å².